The van der Waals surface area contributed by atoms with Crippen LogP contribution in [0.4, 0.5) is 0 Å². The molecule has 4 rings (SSSR count). The van der Waals surface area contributed by atoms with Crippen LogP contribution >= 0.6 is 12.2 Å². The predicted octanol–water partition coefficient (Wildman–Crippen LogP) is 3.66. The van der Waals surface area contributed by atoms with E-state index in [1.165, 1.54) is 16.8 Å². The summed E-state index contributed by atoms with van der Waals surface area (Å²) in [6.07, 6.45) is 2.82. The summed E-state index contributed by atoms with van der Waals surface area (Å²) in [6.45, 7) is 4.66. The number of H-pyrrole nitrogens is 1. The molecule has 0 saturated heterocycles. The van der Waals surface area contributed by atoms with E-state index in [-0.39, 0.29) is 0 Å². The molecule has 0 radical (unpaired) electrons. The lowest BCUT2D eigenvalue weighted by atomic mass is 10.1. The van der Waals surface area contributed by atoms with Crippen molar-refractivity contribution in [2.75, 3.05) is 6.54 Å². The van der Waals surface area contributed by atoms with Crippen molar-refractivity contribution >= 4 is 12.2 Å². The molecule has 0 aliphatic carbocycles. The Hall–Kier alpha value is -2.31. The van der Waals surface area contributed by atoms with Crippen LogP contribution < -0.4 is 0 Å². The first-order chi connectivity index (χ1) is 11.7. The second-order valence-corrected chi connectivity index (χ2v) is 6.59. The van der Waals surface area contributed by atoms with Gasteiger partial charge in [0, 0.05) is 55.1 Å². The fourth-order valence-electron chi connectivity index (χ4n) is 3.01. The third-order valence-corrected chi connectivity index (χ3v) is 4.54. The maximum Gasteiger partial charge on any atom is 0.196 e. The van der Waals surface area contributed by atoms with Gasteiger partial charge in [-0.3, -0.25) is 4.90 Å². The average Bonchev–Trinajstić information content (AvgIpc) is 3.04. The van der Waals surface area contributed by atoms with E-state index >= 15 is 0 Å². The number of nitrogens with one attached hydrogen (secondary N) is 1. The lowest BCUT2D eigenvalue weighted by Gasteiger charge is -2.27. The molecule has 1 N–H and O–H groups in total. The van der Waals surface area contributed by atoms with Crippen LogP contribution in [0.2, 0.25) is 0 Å². The van der Waals surface area contributed by atoms with Crippen molar-refractivity contribution in [3.05, 3.63) is 63.8 Å². The minimum absolute atomic E-state index is 0.557. The third kappa shape index (κ3) is 3.16. The number of aromatic nitrogens is 3. The Kier molecular flexibility index (Phi) is 4.00. The molecule has 2 aromatic heterocycles. The number of fused-ring (bicyclic) bond motifs is 1. The summed E-state index contributed by atoms with van der Waals surface area (Å²) in [5.41, 5.74) is 5.65. The number of nitrogens with zero attached hydrogens (tertiary/aromatic N) is 3. The van der Waals surface area contributed by atoms with Gasteiger partial charge in [-0.25, -0.2) is 4.98 Å². The SMILES string of the molecule is Cc1ccc(-c2cc(CN3CCc4[nH]c(=S)ncc4C3)no2)cc1. The molecular formula is C18H18N4OS. The van der Waals surface area contributed by atoms with Crippen molar-refractivity contribution < 1.29 is 4.52 Å². The van der Waals surface area contributed by atoms with E-state index in [4.69, 9.17) is 16.7 Å². The lowest BCUT2D eigenvalue weighted by Crippen LogP contribution is -2.30. The van der Waals surface area contributed by atoms with Crippen LogP contribution in [0.3, 0.4) is 0 Å². The van der Waals surface area contributed by atoms with Gasteiger partial charge in [-0.05, 0) is 19.1 Å². The largest absolute Gasteiger partial charge is 0.356 e. The van der Waals surface area contributed by atoms with Gasteiger partial charge in [-0.15, -0.1) is 0 Å². The van der Waals surface area contributed by atoms with E-state index in [2.05, 4.69) is 51.2 Å². The molecule has 0 unspecified atom stereocenters. The van der Waals surface area contributed by atoms with E-state index < -0.39 is 0 Å². The molecule has 0 atom stereocenters. The zero-order valence-corrected chi connectivity index (χ0v) is 14.3. The van der Waals surface area contributed by atoms with Crippen molar-refractivity contribution in [3.63, 3.8) is 0 Å². The Morgan fingerprint density at radius 3 is 2.96 bits per heavy atom. The monoisotopic (exact) mass is 338 g/mol. The Balaban J connectivity index is 1.48. The number of rotatable bonds is 3. The summed E-state index contributed by atoms with van der Waals surface area (Å²) in [6, 6.07) is 10.3. The minimum atomic E-state index is 0.557. The second-order valence-electron chi connectivity index (χ2n) is 6.20. The third-order valence-electron chi connectivity index (χ3n) is 4.34. The second kappa shape index (κ2) is 6.30. The minimum Gasteiger partial charge on any atom is -0.356 e. The van der Waals surface area contributed by atoms with Gasteiger partial charge in [0.25, 0.3) is 0 Å². The number of aromatic amines is 1. The highest BCUT2D eigenvalue weighted by molar-refractivity contribution is 7.71. The van der Waals surface area contributed by atoms with Crippen LogP contribution in [-0.4, -0.2) is 26.6 Å². The molecule has 1 aromatic carbocycles. The Labute approximate surface area is 145 Å². The molecule has 5 nitrogen and oxygen atoms in total. The molecule has 6 heteroatoms. The van der Waals surface area contributed by atoms with E-state index in [1.54, 1.807) is 0 Å². The standard InChI is InChI=1S/C18H18N4OS/c1-12-2-4-13(5-3-12)17-8-15(21-23-17)11-22-7-6-16-14(10-22)9-19-18(24)20-16/h2-5,8-9H,6-7,10-11H2,1H3,(H,19,20,24). The summed E-state index contributed by atoms with van der Waals surface area (Å²) in [5, 5.41) is 4.22. The van der Waals surface area contributed by atoms with Crippen LogP contribution in [0.15, 0.2) is 41.1 Å². The van der Waals surface area contributed by atoms with Gasteiger partial charge in [0.15, 0.2) is 10.5 Å². The van der Waals surface area contributed by atoms with E-state index in [0.29, 0.717) is 4.77 Å². The van der Waals surface area contributed by atoms with Crippen LogP contribution in [0.1, 0.15) is 22.5 Å². The van der Waals surface area contributed by atoms with Gasteiger partial charge >= 0.3 is 0 Å². The van der Waals surface area contributed by atoms with Gasteiger partial charge in [0.05, 0.1) is 5.69 Å². The summed E-state index contributed by atoms with van der Waals surface area (Å²) < 4.78 is 6.07. The van der Waals surface area contributed by atoms with E-state index in [1.807, 2.05) is 12.3 Å². The highest BCUT2D eigenvalue weighted by Crippen LogP contribution is 2.23. The lowest BCUT2D eigenvalue weighted by molar-refractivity contribution is 0.235. The van der Waals surface area contributed by atoms with Crippen molar-refractivity contribution in [3.8, 4) is 11.3 Å². The number of benzene rings is 1. The molecule has 1 aliphatic rings. The fraction of sp³-hybridized carbons (Fsp3) is 0.278. The normalized spacial score (nSPS) is 14.5. The van der Waals surface area contributed by atoms with Gasteiger partial charge in [0.2, 0.25) is 0 Å². The Bertz CT molecular complexity index is 913. The topological polar surface area (TPSA) is 58.0 Å². The summed E-state index contributed by atoms with van der Waals surface area (Å²) in [4.78, 5) is 9.71. The molecule has 0 saturated carbocycles. The van der Waals surface area contributed by atoms with Gasteiger partial charge in [-0.2, -0.15) is 0 Å². The van der Waals surface area contributed by atoms with Crippen molar-refractivity contribution in [1.82, 2.24) is 20.0 Å². The molecule has 24 heavy (non-hydrogen) atoms. The molecule has 1 aliphatic heterocycles. The van der Waals surface area contributed by atoms with Crippen LogP contribution in [0, 0.1) is 11.7 Å². The van der Waals surface area contributed by atoms with Crippen molar-refractivity contribution in [1.29, 1.82) is 0 Å². The Morgan fingerprint density at radius 2 is 2.12 bits per heavy atom. The molecule has 122 valence electrons. The first-order valence-corrected chi connectivity index (χ1v) is 8.40. The fourth-order valence-corrected chi connectivity index (χ4v) is 3.19. The van der Waals surface area contributed by atoms with Gasteiger partial charge < -0.3 is 9.51 Å². The molecule has 0 fully saturated rings. The number of aryl methyl sites for hydroxylation is 1. The summed E-state index contributed by atoms with van der Waals surface area (Å²) >= 11 is 5.09. The first-order valence-electron chi connectivity index (χ1n) is 7.99. The highest BCUT2D eigenvalue weighted by Gasteiger charge is 2.18. The molecule has 0 amide bonds. The highest BCUT2D eigenvalue weighted by atomic mass is 32.1. The van der Waals surface area contributed by atoms with Gasteiger partial charge in [0.1, 0.15) is 0 Å². The zero-order valence-electron chi connectivity index (χ0n) is 13.5. The quantitative estimate of drug-likeness (QED) is 0.739. The zero-order chi connectivity index (χ0) is 16.5. The summed E-state index contributed by atoms with van der Waals surface area (Å²) in [7, 11) is 0. The maximum absolute atomic E-state index is 5.51. The first kappa shape index (κ1) is 15.2. The smallest absolute Gasteiger partial charge is 0.196 e. The van der Waals surface area contributed by atoms with Crippen molar-refractivity contribution in [2.45, 2.75) is 26.4 Å². The van der Waals surface area contributed by atoms with E-state index in [0.717, 1.165) is 43.1 Å². The molecule has 0 spiro atoms. The number of hydrogen-bond acceptors (Lipinski definition) is 5. The van der Waals surface area contributed by atoms with Crippen LogP contribution in [0.5, 0.6) is 0 Å². The maximum atomic E-state index is 5.51. The Morgan fingerprint density at radius 1 is 1.29 bits per heavy atom. The van der Waals surface area contributed by atoms with Crippen molar-refractivity contribution in [2.24, 2.45) is 0 Å². The van der Waals surface area contributed by atoms with Crippen LogP contribution in [-0.2, 0) is 19.5 Å². The predicted molar refractivity (Wildman–Crippen MR) is 93.9 cm³/mol. The van der Waals surface area contributed by atoms with Crippen LogP contribution in [0.25, 0.3) is 11.3 Å². The van der Waals surface area contributed by atoms with E-state index in [9.17, 15) is 0 Å². The molecule has 3 heterocycles. The molecule has 3 aromatic rings. The number of hydrogen-bond donors (Lipinski definition) is 1. The molecule has 0 bridgehead atoms. The average molecular weight is 338 g/mol. The summed E-state index contributed by atoms with van der Waals surface area (Å²) in [5.74, 6) is 0.813. The van der Waals surface area contributed by atoms with Gasteiger partial charge in [-0.1, -0.05) is 35.0 Å². The molecular weight excluding hydrogens is 320 g/mol.